The van der Waals surface area contributed by atoms with E-state index in [-0.39, 0.29) is 0 Å². The fourth-order valence-corrected chi connectivity index (χ4v) is 3.11. The fourth-order valence-electron chi connectivity index (χ4n) is 3.11. The Kier molecular flexibility index (Phi) is 3.53. The maximum absolute atomic E-state index is 4.23. The minimum Gasteiger partial charge on any atom is -0.379 e. The zero-order valence-corrected chi connectivity index (χ0v) is 11.4. The average Bonchev–Trinajstić information content (AvgIpc) is 2.86. The molecule has 100 valence electrons. The standard InChI is InChI=1S/C16H21N3/c1-19-12-14(11-17-19)18-16-10-6-5-9-15(16)13-7-3-2-4-8-13/h2-4,7-8,11-12,15-16,18H,5-6,9-10H2,1H3. The number of hydrogen-bond acceptors (Lipinski definition) is 2. The molecular formula is C16H21N3. The molecule has 0 bridgehead atoms. The van der Waals surface area contributed by atoms with Crippen LogP contribution < -0.4 is 5.32 Å². The van der Waals surface area contributed by atoms with Crippen molar-refractivity contribution in [3.63, 3.8) is 0 Å². The Morgan fingerprint density at radius 1 is 1.16 bits per heavy atom. The molecule has 1 aliphatic carbocycles. The Labute approximate surface area is 114 Å². The van der Waals surface area contributed by atoms with Gasteiger partial charge in [0.05, 0.1) is 11.9 Å². The van der Waals surface area contributed by atoms with Gasteiger partial charge >= 0.3 is 0 Å². The van der Waals surface area contributed by atoms with E-state index in [0.717, 1.165) is 5.69 Å². The number of aryl methyl sites for hydroxylation is 1. The van der Waals surface area contributed by atoms with Gasteiger partial charge in [-0.25, -0.2) is 0 Å². The van der Waals surface area contributed by atoms with Crippen molar-refractivity contribution in [3.05, 3.63) is 48.3 Å². The van der Waals surface area contributed by atoms with Gasteiger partial charge in [0, 0.05) is 25.2 Å². The summed E-state index contributed by atoms with van der Waals surface area (Å²) < 4.78 is 1.85. The molecule has 2 atom stereocenters. The Morgan fingerprint density at radius 3 is 2.68 bits per heavy atom. The molecule has 3 rings (SSSR count). The molecule has 0 amide bonds. The maximum Gasteiger partial charge on any atom is 0.0728 e. The van der Waals surface area contributed by atoms with E-state index in [2.05, 4.69) is 46.9 Å². The van der Waals surface area contributed by atoms with Crippen molar-refractivity contribution < 1.29 is 0 Å². The molecule has 1 aromatic carbocycles. The molecule has 2 unspecified atom stereocenters. The maximum atomic E-state index is 4.23. The van der Waals surface area contributed by atoms with E-state index >= 15 is 0 Å². The van der Waals surface area contributed by atoms with Crippen molar-refractivity contribution in [2.24, 2.45) is 7.05 Å². The van der Waals surface area contributed by atoms with Crippen LogP contribution in [0.25, 0.3) is 0 Å². The van der Waals surface area contributed by atoms with Gasteiger partial charge < -0.3 is 5.32 Å². The number of rotatable bonds is 3. The molecule has 0 saturated heterocycles. The second-order valence-electron chi connectivity index (χ2n) is 5.46. The van der Waals surface area contributed by atoms with Crippen LogP contribution in [0.2, 0.25) is 0 Å². The quantitative estimate of drug-likeness (QED) is 0.909. The van der Waals surface area contributed by atoms with Gasteiger partial charge in [-0.15, -0.1) is 0 Å². The summed E-state index contributed by atoms with van der Waals surface area (Å²) in [7, 11) is 1.96. The first kappa shape index (κ1) is 12.3. The van der Waals surface area contributed by atoms with Crippen molar-refractivity contribution in [2.75, 3.05) is 5.32 Å². The SMILES string of the molecule is Cn1cc(NC2CCCCC2c2ccccc2)cn1. The van der Waals surface area contributed by atoms with Crippen LogP contribution in [0.3, 0.4) is 0 Å². The highest BCUT2D eigenvalue weighted by Gasteiger charge is 2.26. The Hall–Kier alpha value is -1.77. The number of nitrogens with zero attached hydrogens (tertiary/aromatic N) is 2. The lowest BCUT2D eigenvalue weighted by atomic mass is 9.80. The first-order chi connectivity index (χ1) is 9.33. The molecule has 2 aromatic rings. The topological polar surface area (TPSA) is 29.9 Å². The van der Waals surface area contributed by atoms with Gasteiger partial charge in [-0.05, 0) is 18.4 Å². The number of aromatic nitrogens is 2. The number of hydrogen-bond donors (Lipinski definition) is 1. The smallest absolute Gasteiger partial charge is 0.0728 e. The van der Waals surface area contributed by atoms with Crippen LogP contribution in [0.4, 0.5) is 5.69 Å². The van der Waals surface area contributed by atoms with Gasteiger partial charge in [0.25, 0.3) is 0 Å². The summed E-state index contributed by atoms with van der Waals surface area (Å²) in [5, 5.41) is 7.90. The largest absolute Gasteiger partial charge is 0.379 e. The van der Waals surface area contributed by atoms with Crippen molar-refractivity contribution in [3.8, 4) is 0 Å². The summed E-state index contributed by atoms with van der Waals surface area (Å²) in [5.41, 5.74) is 2.60. The third kappa shape index (κ3) is 2.80. The molecule has 1 aliphatic rings. The zero-order valence-electron chi connectivity index (χ0n) is 11.4. The molecule has 0 radical (unpaired) electrons. The lowest BCUT2D eigenvalue weighted by molar-refractivity contribution is 0.405. The fraction of sp³-hybridized carbons (Fsp3) is 0.438. The summed E-state index contributed by atoms with van der Waals surface area (Å²) in [4.78, 5) is 0. The third-order valence-corrected chi connectivity index (χ3v) is 4.05. The van der Waals surface area contributed by atoms with Crippen LogP contribution in [0.1, 0.15) is 37.2 Å². The van der Waals surface area contributed by atoms with Crippen molar-refractivity contribution in [2.45, 2.75) is 37.6 Å². The van der Waals surface area contributed by atoms with Crippen molar-refractivity contribution in [1.29, 1.82) is 0 Å². The van der Waals surface area contributed by atoms with E-state index in [1.807, 2.05) is 17.9 Å². The first-order valence-electron chi connectivity index (χ1n) is 7.13. The first-order valence-corrected chi connectivity index (χ1v) is 7.13. The second-order valence-corrected chi connectivity index (χ2v) is 5.46. The van der Waals surface area contributed by atoms with E-state index in [0.29, 0.717) is 12.0 Å². The molecule has 1 heterocycles. The van der Waals surface area contributed by atoms with Crippen LogP contribution in [0, 0.1) is 0 Å². The summed E-state index contributed by atoms with van der Waals surface area (Å²) in [6, 6.07) is 11.4. The highest BCUT2D eigenvalue weighted by molar-refractivity contribution is 5.41. The second kappa shape index (κ2) is 5.47. The van der Waals surface area contributed by atoms with Gasteiger partial charge in [0.2, 0.25) is 0 Å². The minimum atomic E-state index is 0.528. The van der Waals surface area contributed by atoms with Gasteiger partial charge in [0.15, 0.2) is 0 Å². The number of benzene rings is 1. The lowest BCUT2D eigenvalue weighted by Crippen LogP contribution is -2.30. The monoisotopic (exact) mass is 255 g/mol. The normalized spacial score (nSPS) is 23.2. The Morgan fingerprint density at radius 2 is 1.95 bits per heavy atom. The van der Waals surface area contributed by atoms with Crippen LogP contribution in [-0.4, -0.2) is 15.8 Å². The van der Waals surface area contributed by atoms with E-state index in [4.69, 9.17) is 0 Å². The highest BCUT2D eigenvalue weighted by atomic mass is 15.3. The molecule has 0 spiro atoms. The van der Waals surface area contributed by atoms with Crippen LogP contribution in [-0.2, 0) is 7.05 Å². The van der Waals surface area contributed by atoms with E-state index in [1.165, 1.54) is 31.2 Å². The number of nitrogens with one attached hydrogen (secondary N) is 1. The zero-order chi connectivity index (χ0) is 13.1. The summed E-state index contributed by atoms with van der Waals surface area (Å²) in [5.74, 6) is 0.621. The van der Waals surface area contributed by atoms with Gasteiger partial charge in [0.1, 0.15) is 0 Å². The third-order valence-electron chi connectivity index (χ3n) is 4.05. The molecule has 1 aromatic heterocycles. The summed E-state index contributed by atoms with van der Waals surface area (Å²) in [6.45, 7) is 0. The molecule has 1 N–H and O–H groups in total. The van der Waals surface area contributed by atoms with Gasteiger partial charge in [-0.1, -0.05) is 43.2 Å². The van der Waals surface area contributed by atoms with E-state index in [9.17, 15) is 0 Å². The molecule has 1 fully saturated rings. The van der Waals surface area contributed by atoms with Crippen LogP contribution >= 0.6 is 0 Å². The highest BCUT2D eigenvalue weighted by Crippen LogP contribution is 2.34. The molecule has 1 saturated carbocycles. The molecule has 0 aliphatic heterocycles. The van der Waals surface area contributed by atoms with Crippen LogP contribution in [0.5, 0.6) is 0 Å². The van der Waals surface area contributed by atoms with Gasteiger partial charge in [-0.3, -0.25) is 4.68 Å². The molecule has 19 heavy (non-hydrogen) atoms. The number of anilines is 1. The predicted molar refractivity (Wildman–Crippen MR) is 78.3 cm³/mol. The molecular weight excluding hydrogens is 234 g/mol. The summed E-state index contributed by atoms with van der Waals surface area (Å²) in [6.07, 6.45) is 9.15. The molecule has 3 heteroatoms. The summed E-state index contributed by atoms with van der Waals surface area (Å²) >= 11 is 0. The lowest BCUT2D eigenvalue weighted by Gasteiger charge is -2.33. The molecule has 3 nitrogen and oxygen atoms in total. The van der Waals surface area contributed by atoms with Crippen molar-refractivity contribution in [1.82, 2.24) is 9.78 Å². The Bertz CT molecular complexity index is 518. The minimum absolute atomic E-state index is 0.528. The van der Waals surface area contributed by atoms with Gasteiger partial charge in [-0.2, -0.15) is 5.10 Å². The Balaban J connectivity index is 1.77. The van der Waals surface area contributed by atoms with Crippen LogP contribution in [0.15, 0.2) is 42.7 Å². The predicted octanol–water partition coefficient (Wildman–Crippen LogP) is 3.56. The van der Waals surface area contributed by atoms with E-state index < -0.39 is 0 Å². The van der Waals surface area contributed by atoms with E-state index in [1.54, 1.807) is 0 Å². The average molecular weight is 255 g/mol. The van der Waals surface area contributed by atoms with Crippen molar-refractivity contribution >= 4 is 5.69 Å².